The Labute approximate surface area is 181 Å². The standard InChI is InChI=1S/C21H25N5O2S2/c22-30(27,28)20-15-24-21(29-20)23-14-17-6-4-5-7-18(17)16-25-10-12-26(13-11-25)19-8-2-1-3-9-19/h1-9,15H,10-14,16H2,(H,23,24)(H2,22,27,28). The molecule has 0 aliphatic carbocycles. The lowest BCUT2D eigenvalue weighted by Crippen LogP contribution is -2.46. The zero-order chi connectivity index (χ0) is 21.0. The number of nitrogens with one attached hydrogen (secondary N) is 1. The Bertz CT molecular complexity index is 1080. The Morgan fingerprint density at radius 3 is 2.30 bits per heavy atom. The van der Waals surface area contributed by atoms with Crippen molar-refractivity contribution in [2.24, 2.45) is 5.14 Å². The van der Waals surface area contributed by atoms with Gasteiger partial charge in [0.25, 0.3) is 0 Å². The van der Waals surface area contributed by atoms with E-state index in [0.29, 0.717) is 11.7 Å². The number of nitrogens with zero attached hydrogens (tertiary/aromatic N) is 3. The first-order chi connectivity index (χ1) is 14.5. The highest BCUT2D eigenvalue weighted by Crippen LogP contribution is 2.23. The van der Waals surface area contributed by atoms with Gasteiger partial charge in [-0.15, -0.1) is 0 Å². The fraction of sp³-hybridized carbons (Fsp3) is 0.286. The van der Waals surface area contributed by atoms with E-state index in [1.807, 2.05) is 12.1 Å². The Hall–Kier alpha value is -2.46. The molecule has 9 heteroatoms. The summed E-state index contributed by atoms with van der Waals surface area (Å²) in [5.74, 6) is 0. The van der Waals surface area contributed by atoms with E-state index in [-0.39, 0.29) is 4.21 Å². The molecule has 0 amide bonds. The lowest BCUT2D eigenvalue weighted by molar-refractivity contribution is 0.249. The van der Waals surface area contributed by atoms with E-state index in [9.17, 15) is 8.42 Å². The number of hydrogen-bond acceptors (Lipinski definition) is 7. The van der Waals surface area contributed by atoms with E-state index < -0.39 is 10.0 Å². The quantitative estimate of drug-likeness (QED) is 0.583. The van der Waals surface area contributed by atoms with Crippen LogP contribution < -0.4 is 15.4 Å². The number of sulfonamides is 1. The number of primary sulfonamides is 1. The van der Waals surface area contributed by atoms with Gasteiger partial charge in [0.05, 0.1) is 6.20 Å². The summed E-state index contributed by atoms with van der Waals surface area (Å²) in [4.78, 5) is 9.01. The van der Waals surface area contributed by atoms with Crippen LogP contribution in [0.3, 0.4) is 0 Å². The SMILES string of the molecule is NS(=O)(=O)c1cnc(NCc2ccccc2CN2CCN(c3ccccc3)CC2)s1. The van der Waals surface area contributed by atoms with E-state index >= 15 is 0 Å². The summed E-state index contributed by atoms with van der Waals surface area (Å²) < 4.78 is 22.9. The molecule has 0 unspecified atom stereocenters. The number of rotatable bonds is 7. The molecule has 0 saturated carbocycles. The van der Waals surface area contributed by atoms with E-state index in [1.54, 1.807) is 0 Å². The predicted molar refractivity (Wildman–Crippen MR) is 121 cm³/mol. The number of aromatic nitrogens is 1. The molecule has 4 rings (SSSR count). The highest BCUT2D eigenvalue weighted by Gasteiger charge is 2.18. The second-order valence-corrected chi connectivity index (χ2v) is 10.1. The molecular weight excluding hydrogens is 418 g/mol. The third-order valence-electron chi connectivity index (χ3n) is 5.20. The fourth-order valence-corrected chi connectivity index (χ4v) is 5.02. The van der Waals surface area contributed by atoms with Crippen LogP contribution in [0.25, 0.3) is 0 Å². The van der Waals surface area contributed by atoms with Gasteiger partial charge < -0.3 is 10.2 Å². The molecule has 3 N–H and O–H groups in total. The van der Waals surface area contributed by atoms with E-state index in [0.717, 1.165) is 44.1 Å². The second kappa shape index (κ2) is 9.13. The molecule has 0 bridgehead atoms. The van der Waals surface area contributed by atoms with E-state index in [4.69, 9.17) is 5.14 Å². The summed E-state index contributed by atoms with van der Waals surface area (Å²) in [6.07, 6.45) is 1.29. The summed E-state index contributed by atoms with van der Waals surface area (Å²) in [6, 6.07) is 18.9. The summed E-state index contributed by atoms with van der Waals surface area (Å²) in [5, 5.41) is 8.93. The maximum Gasteiger partial charge on any atom is 0.249 e. The molecule has 0 spiro atoms. The number of benzene rings is 2. The van der Waals surface area contributed by atoms with Gasteiger partial charge in [-0.25, -0.2) is 18.5 Å². The van der Waals surface area contributed by atoms with Gasteiger partial charge in [-0.1, -0.05) is 53.8 Å². The van der Waals surface area contributed by atoms with Gasteiger partial charge in [0.1, 0.15) is 0 Å². The molecule has 0 atom stereocenters. The number of para-hydroxylation sites is 1. The Kier molecular flexibility index (Phi) is 6.33. The van der Waals surface area contributed by atoms with Crippen molar-refractivity contribution in [1.29, 1.82) is 0 Å². The molecular formula is C21H25N5O2S2. The molecule has 1 aromatic heterocycles. The van der Waals surface area contributed by atoms with Gasteiger partial charge in [-0.3, -0.25) is 4.90 Å². The molecule has 7 nitrogen and oxygen atoms in total. The number of nitrogens with two attached hydrogens (primary N) is 1. The maximum atomic E-state index is 11.4. The van der Waals surface area contributed by atoms with Gasteiger partial charge in [-0.2, -0.15) is 0 Å². The number of thiazole rings is 1. The average molecular weight is 444 g/mol. The number of piperazine rings is 1. The van der Waals surface area contributed by atoms with Crippen molar-refractivity contribution >= 4 is 32.2 Å². The largest absolute Gasteiger partial charge is 0.369 e. The van der Waals surface area contributed by atoms with Crippen LogP contribution in [0.2, 0.25) is 0 Å². The van der Waals surface area contributed by atoms with Gasteiger partial charge in [-0.05, 0) is 23.3 Å². The van der Waals surface area contributed by atoms with Crippen LogP contribution >= 0.6 is 11.3 Å². The van der Waals surface area contributed by atoms with Crippen LogP contribution in [-0.2, 0) is 23.1 Å². The molecule has 1 saturated heterocycles. The van der Waals surface area contributed by atoms with Crippen LogP contribution in [0, 0.1) is 0 Å². The van der Waals surface area contributed by atoms with Crippen molar-refractivity contribution < 1.29 is 8.42 Å². The second-order valence-electron chi connectivity index (χ2n) is 7.25. The smallest absolute Gasteiger partial charge is 0.249 e. The molecule has 2 aromatic carbocycles. The molecule has 1 aliphatic rings. The van der Waals surface area contributed by atoms with Crippen molar-refractivity contribution in [3.8, 4) is 0 Å². The molecule has 3 aromatic rings. The van der Waals surface area contributed by atoms with Crippen LogP contribution in [0.5, 0.6) is 0 Å². The van der Waals surface area contributed by atoms with Crippen LogP contribution in [0.4, 0.5) is 10.8 Å². The first-order valence-corrected chi connectivity index (χ1v) is 12.2. The zero-order valence-electron chi connectivity index (χ0n) is 16.6. The van der Waals surface area contributed by atoms with E-state index in [1.165, 1.54) is 23.0 Å². The highest BCUT2D eigenvalue weighted by molar-refractivity contribution is 7.91. The van der Waals surface area contributed by atoms with Crippen molar-refractivity contribution in [3.05, 3.63) is 71.9 Å². The van der Waals surface area contributed by atoms with E-state index in [2.05, 4.69) is 62.6 Å². The molecule has 30 heavy (non-hydrogen) atoms. The average Bonchev–Trinajstić information content (AvgIpc) is 3.24. The Morgan fingerprint density at radius 2 is 1.63 bits per heavy atom. The molecule has 158 valence electrons. The molecule has 1 aliphatic heterocycles. The molecule has 0 radical (unpaired) electrons. The fourth-order valence-electron chi connectivity index (χ4n) is 3.57. The van der Waals surface area contributed by atoms with Gasteiger partial charge >= 0.3 is 0 Å². The highest BCUT2D eigenvalue weighted by atomic mass is 32.2. The monoisotopic (exact) mass is 443 g/mol. The van der Waals surface area contributed by atoms with Crippen molar-refractivity contribution in [2.75, 3.05) is 36.4 Å². The minimum absolute atomic E-state index is 0.0644. The Morgan fingerprint density at radius 1 is 0.967 bits per heavy atom. The normalized spacial score (nSPS) is 15.3. The van der Waals surface area contributed by atoms with Crippen LogP contribution in [0.1, 0.15) is 11.1 Å². The number of anilines is 2. The summed E-state index contributed by atoms with van der Waals surface area (Å²) in [5.41, 5.74) is 3.72. The lowest BCUT2D eigenvalue weighted by Gasteiger charge is -2.36. The summed E-state index contributed by atoms with van der Waals surface area (Å²) >= 11 is 1.05. The summed E-state index contributed by atoms with van der Waals surface area (Å²) in [7, 11) is -3.71. The van der Waals surface area contributed by atoms with Crippen molar-refractivity contribution in [3.63, 3.8) is 0 Å². The van der Waals surface area contributed by atoms with Gasteiger partial charge in [0, 0.05) is 45.0 Å². The molecule has 1 fully saturated rings. The summed E-state index contributed by atoms with van der Waals surface area (Å²) in [6.45, 7) is 5.53. The predicted octanol–water partition coefficient (Wildman–Crippen LogP) is 2.72. The number of hydrogen-bond donors (Lipinski definition) is 2. The third kappa shape index (κ3) is 5.17. The third-order valence-corrected chi connectivity index (χ3v) is 7.56. The lowest BCUT2D eigenvalue weighted by atomic mass is 10.1. The van der Waals surface area contributed by atoms with Crippen molar-refractivity contribution in [1.82, 2.24) is 9.88 Å². The van der Waals surface area contributed by atoms with Crippen LogP contribution in [-0.4, -0.2) is 44.5 Å². The first-order valence-electron chi connectivity index (χ1n) is 9.81. The molecule has 2 heterocycles. The van der Waals surface area contributed by atoms with Gasteiger partial charge in [0.2, 0.25) is 10.0 Å². The van der Waals surface area contributed by atoms with Crippen LogP contribution in [0.15, 0.2) is 65.0 Å². The zero-order valence-corrected chi connectivity index (χ0v) is 18.2. The topological polar surface area (TPSA) is 91.6 Å². The minimum Gasteiger partial charge on any atom is -0.369 e. The maximum absolute atomic E-state index is 11.4. The first kappa shape index (κ1) is 20.8. The van der Waals surface area contributed by atoms with Crippen molar-refractivity contribution in [2.45, 2.75) is 17.3 Å². The minimum atomic E-state index is -3.71. The van der Waals surface area contributed by atoms with Gasteiger partial charge in [0.15, 0.2) is 9.34 Å². The Balaban J connectivity index is 1.35.